The average molecular weight is 362 g/mol. The Hall–Kier alpha value is -1.73. The zero-order valence-electron chi connectivity index (χ0n) is 14.1. The molecular formula is C18H22N2O4S. The predicted molar refractivity (Wildman–Crippen MR) is 95.5 cm³/mol. The van der Waals surface area contributed by atoms with Crippen molar-refractivity contribution in [1.82, 2.24) is 9.55 Å². The first-order chi connectivity index (χ1) is 12.1. The molecular weight excluding hydrogens is 340 g/mol. The van der Waals surface area contributed by atoms with Crippen LogP contribution in [-0.2, 0) is 35.3 Å². The minimum atomic E-state index is -0.872. The molecule has 0 aromatic carbocycles. The van der Waals surface area contributed by atoms with Crippen molar-refractivity contribution in [3.05, 3.63) is 26.6 Å². The smallest absolute Gasteiger partial charge is 0.303 e. The highest BCUT2D eigenvalue weighted by Gasteiger charge is 2.24. The Morgan fingerprint density at radius 3 is 2.92 bits per heavy atom. The van der Waals surface area contributed by atoms with Crippen LogP contribution in [0.25, 0.3) is 10.2 Å². The molecule has 1 unspecified atom stereocenters. The monoisotopic (exact) mass is 362 g/mol. The third-order valence-electron chi connectivity index (χ3n) is 5.13. The van der Waals surface area contributed by atoms with Crippen molar-refractivity contribution in [2.75, 3.05) is 6.61 Å². The first-order valence-corrected chi connectivity index (χ1v) is 9.82. The topological polar surface area (TPSA) is 81.4 Å². The molecule has 0 bridgehead atoms. The fourth-order valence-corrected chi connectivity index (χ4v) is 5.14. The molecule has 1 saturated heterocycles. The van der Waals surface area contributed by atoms with Crippen molar-refractivity contribution in [2.24, 2.45) is 0 Å². The van der Waals surface area contributed by atoms with Crippen LogP contribution in [0.4, 0.5) is 0 Å². The molecule has 7 heteroatoms. The number of aromatic nitrogens is 2. The molecule has 0 saturated carbocycles. The number of thiophene rings is 1. The first kappa shape index (κ1) is 16.7. The summed E-state index contributed by atoms with van der Waals surface area (Å²) in [7, 11) is 0. The molecule has 1 N–H and O–H groups in total. The lowest BCUT2D eigenvalue weighted by molar-refractivity contribution is -0.137. The first-order valence-electron chi connectivity index (χ1n) is 9.01. The van der Waals surface area contributed by atoms with Crippen molar-refractivity contribution in [1.29, 1.82) is 0 Å². The van der Waals surface area contributed by atoms with Crippen LogP contribution < -0.4 is 5.56 Å². The fraction of sp³-hybridized carbons (Fsp3) is 0.611. The highest BCUT2D eigenvalue weighted by molar-refractivity contribution is 7.18. The van der Waals surface area contributed by atoms with Gasteiger partial charge in [0.15, 0.2) is 0 Å². The van der Waals surface area contributed by atoms with Gasteiger partial charge in [0.2, 0.25) is 0 Å². The summed E-state index contributed by atoms with van der Waals surface area (Å²) in [6.07, 6.45) is 6.46. The molecule has 25 heavy (non-hydrogen) atoms. The van der Waals surface area contributed by atoms with Gasteiger partial charge in [0.25, 0.3) is 5.56 Å². The number of carboxylic acid groups (broad SMARTS) is 1. The lowest BCUT2D eigenvalue weighted by atomic mass is 9.97. The van der Waals surface area contributed by atoms with E-state index in [-0.39, 0.29) is 24.5 Å². The number of aliphatic carboxylic acids is 1. The summed E-state index contributed by atoms with van der Waals surface area (Å²) in [6.45, 7) is 1.20. The molecule has 2 aromatic rings. The second-order valence-corrected chi connectivity index (χ2v) is 7.95. The number of nitrogens with zero attached hydrogens (tertiary/aromatic N) is 2. The zero-order chi connectivity index (χ0) is 17.4. The Labute approximate surface area is 149 Å². The van der Waals surface area contributed by atoms with Gasteiger partial charge in [-0.2, -0.15) is 0 Å². The van der Waals surface area contributed by atoms with Gasteiger partial charge < -0.3 is 9.84 Å². The second-order valence-electron chi connectivity index (χ2n) is 6.86. The van der Waals surface area contributed by atoms with Gasteiger partial charge in [-0.25, -0.2) is 4.98 Å². The molecule has 1 aliphatic carbocycles. The van der Waals surface area contributed by atoms with Crippen LogP contribution >= 0.6 is 11.3 Å². The van der Waals surface area contributed by atoms with E-state index in [0.717, 1.165) is 55.3 Å². The lowest BCUT2D eigenvalue weighted by Crippen LogP contribution is -2.30. The molecule has 0 spiro atoms. The predicted octanol–water partition coefficient (Wildman–Crippen LogP) is 2.53. The Morgan fingerprint density at radius 2 is 2.16 bits per heavy atom. The lowest BCUT2D eigenvalue weighted by Gasteiger charge is -2.16. The minimum Gasteiger partial charge on any atom is -0.481 e. The number of rotatable bonds is 5. The summed E-state index contributed by atoms with van der Waals surface area (Å²) in [5.74, 6) is -0.294. The van der Waals surface area contributed by atoms with Gasteiger partial charge in [0.05, 0.1) is 24.5 Å². The Balaban J connectivity index is 1.81. The standard InChI is InChI=1S/C18H22N2O4S/c21-15(22)8-7-14-19-17-16(12-5-1-2-6-13(12)25-17)18(23)20(14)10-11-4-3-9-24-11/h11H,1-10H2,(H,21,22). The Kier molecular flexibility index (Phi) is 4.60. The van der Waals surface area contributed by atoms with Crippen molar-refractivity contribution >= 4 is 27.5 Å². The summed E-state index contributed by atoms with van der Waals surface area (Å²) in [5.41, 5.74) is 1.16. The van der Waals surface area contributed by atoms with Gasteiger partial charge in [-0.3, -0.25) is 14.2 Å². The van der Waals surface area contributed by atoms with E-state index < -0.39 is 5.97 Å². The zero-order valence-corrected chi connectivity index (χ0v) is 14.9. The number of carbonyl (C=O) groups is 1. The molecule has 6 nitrogen and oxygen atoms in total. The van der Waals surface area contributed by atoms with Crippen molar-refractivity contribution < 1.29 is 14.6 Å². The van der Waals surface area contributed by atoms with Crippen molar-refractivity contribution in [3.63, 3.8) is 0 Å². The van der Waals surface area contributed by atoms with E-state index in [1.54, 1.807) is 15.9 Å². The summed E-state index contributed by atoms with van der Waals surface area (Å²) >= 11 is 1.61. The maximum Gasteiger partial charge on any atom is 0.303 e. The van der Waals surface area contributed by atoms with Crippen LogP contribution in [0.3, 0.4) is 0 Å². The van der Waals surface area contributed by atoms with E-state index in [1.807, 2.05) is 0 Å². The Morgan fingerprint density at radius 1 is 1.32 bits per heavy atom. The maximum absolute atomic E-state index is 13.2. The second kappa shape index (κ2) is 6.88. The van der Waals surface area contributed by atoms with Gasteiger partial charge in [-0.05, 0) is 44.1 Å². The van der Waals surface area contributed by atoms with Gasteiger partial charge in [0, 0.05) is 17.9 Å². The number of fused-ring (bicyclic) bond motifs is 3. The maximum atomic E-state index is 13.2. The highest BCUT2D eigenvalue weighted by Crippen LogP contribution is 2.34. The average Bonchev–Trinajstić information content (AvgIpc) is 3.22. The summed E-state index contributed by atoms with van der Waals surface area (Å²) in [6, 6.07) is 0. The SMILES string of the molecule is O=C(O)CCc1nc2sc3c(c2c(=O)n1CC1CCCO1)CCCC3. The summed E-state index contributed by atoms with van der Waals surface area (Å²) in [5, 5.41) is 9.79. The van der Waals surface area contributed by atoms with Crippen LogP contribution in [0.1, 0.15) is 48.4 Å². The van der Waals surface area contributed by atoms with Crippen LogP contribution in [0.5, 0.6) is 0 Å². The number of hydrogen-bond donors (Lipinski definition) is 1. The molecule has 2 aromatic heterocycles. The third-order valence-corrected chi connectivity index (χ3v) is 6.31. The minimum absolute atomic E-state index is 0.0136. The molecule has 0 amide bonds. The normalized spacial score (nSPS) is 20.1. The highest BCUT2D eigenvalue weighted by atomic mass is 32.1. The molecule has 1 aliphatic heterocycles. The van der Waals surface area contributed by atoms with Crippen LogP contribution in [0.2, 0.25) is 0 Å². The quantitative estimate of drug-likeness (QED) is 0.884. The number of aryl methyl sites for hydroxylation is 3. The largest absolute Gasteiger partial charge is 0.481 e. The van der Waals surface area contributed by atoms with E-state index in [2.05, 4.69) is 0 Å². The van der Waals surface area contributed by atoms with Crippen molar-refractivity contribution in [2.45, 2.75) is 64.0 Å². The molecule has 134 valence electrons. The summed E-state index contributed by atoms with van der Waals surface area (Å²) < 4.78 is 7.38. The number of hydrogen-bond acceptors (Lipinski definition) is 5. The molecule has 2 aliphatic rings. The van der Waals surface area contributed by atoms with Gasteiger partial charge in [-0.1, -0.05) is 0 Å². The van der Waals surface area contributed by atoms with Crippen LogP contribution in [-0.4, -0.2) is 33.3 Å². The van der Waals surface area contributed by atoms with Gasteiger partial charge >= 0.3 is 5.97 Å². The van der Waals surface area contributed by atoms with Crippen LogP contribution in [0.15, 0.2) is 4.79 Å². The summed E-state index contributed by atoms with van der Waals surface area (Å²) in [4.78, 5) is 31.0. The van der Waals surface area contributed by atoms with E-state index >= 15 is 0 Å². The Bertz CT molecular complexity index is 864. The van der Waals surface area contributed by atoms with E-state index in [9.17, 15) is 9.59 Å². The molecule has 1 fully saturated rings. The van der Waals surface area contributed by atoms with Crippen LogP contribution in [0, 0.1) is 0 Å². The number of carboxylic acids is 1. The fourth-order valence-electron chi connectivity index (χ4n) is 3.87. The van der Waals surface area contributed by atoms with Gasteiger partial charge in [0.1, 0.15) is 10.7 Å². The van der Waals surface area contributed by atoms with E-state index in [4.69, 9.17) is 14.8 Å². The molecule has 4 rings (SSSR count). The molecule has 1 atom stereocenters. The van der Waals surface area contributed by atoms with E-state index in [1.165, 1.54) is 10.4 Å². The van der Waals surface area contributed by atoms with Crippen molar-refractivity contribution in [3.8, 4) is 0 Å². The third kappa shape index (κ3) is 3.22. The van der Waals surface area contributed by atoms with Gasteiger partial charge in [-0.15, -0.1) is 11.3 Å². The van der Waals surface area contributed by atoms with E-state index in [0.29, 0.717) is 12.4 Å². The number of ether oxygens (including phenoxy) is 1. The molecule has 0 radical (unpaired) electrons. The molecule has 3 heterocycles.